The zero-order chi connectivity index (χ0) is 21.9. The molecule has 0 saturated heterocycles. The van der Waals surface area contributed by atoms with Crippen molar-refractivity contribution in [3.8, 4) is 0 Å². The summed E-state index contributed by atoms with van der Waals surface area (Å²) in [6, 6.07) is 0. The van der Waals surface area contributed by atoms with E-state index in [4.69, 9.17) is 0 Å². The van der Waals surface area contributed by atoms with Crippen molar-refractivity contribution in [3.05, 3.63) is 12.2 Å². The third kappa shape index (κ3) is 11.1. The van der Waals surface area contributed by atoms with Gasteiger partial charge >= 0.3 is 0 Å². The van der Waals surface area contributed by atoms with E-state index in [1.54, 1.807) is 0 Å². The van der Waals surface area contributed by atoms with Crippen LogP contribution in [0.3, 0.4) is 0 Å². The molecule has 2 aliphatic carbocycles. The van der Waals surface area contributed by atoms with E-state index in [9.17, 15) is 0 Å². The lowest BCUT2D eigenvalue weighted by atomic mass is 9.62. The lowest BCUT2D eigenvalue weighted by Gasteiger charge is -2.44. The molecule has 2 rings (SSSR count). The molecule has 0 aromatic rings. The van der Waals surface area contributed by atoms with Crippen molar-refractivity contribution < 1.29 is 0 Å². The van der Waals surface area contributed by atoms with Crippen LogP contribution < -0.4 is 0 Å². The van der Waals surface area contributed by atoms with Crippen LogP contribution in [0.2, 0.25) is 0 Å². The van der Waals surface area contributed by atoms with Crippen LogP contribution in [0.5, 0.6) is 0 Å². The topological polar surface area (TPSA) is 0 Å². The molecule has 0 nitrogen and oxygen atoms in total. The Morgan fingerprint density at radius 1 is 0.607 bits per heavy atom. The van der Waals surface area contributed by atoms with Gasteiger partial charge in [0.05, 0.1) is 0 Å². The SMILES string of the molecule is C.C=C1CCC(C)(C(C)C)CC1.CC.CC.CC(C)C1(C)CCC(C)(C)CC1. The van der Waals surface area contributed by atoms with E-state index in [-0.39, 0.29) is 7.43 Å². The maximum absolute atomic E-state index is 4.04. The fourth-order valence-corrected chi connectivity index (χ4v) is 3.83. The molecule has 0 amide bonds. The van der Waals surface area contributed by atoms with Crippen LogP contribution >= 0.6 is 0 Å². The molecule has 0 heterocycles. The van der Waals surface area contributed by atoms with Crippen molar-refractivity contribution in [1.29, 1.82) is 0 Å². The van der Waals surface area contributed by atoms with Gasteiger partial charge in [0, 0.05) is 0 Å². The van der Waals surface area contributed by atoms with Crippen LogP contribution in [0.4, 0.5) is 0 Å². The Hall–Kier alpha value is -0.260. The summed E-state index contributed by atoms with van der Waals surface area (Å²) in [5.74, 6) is 1.68. The average molecular weight is 397 g/mol. The molecule has 0 atom stereocenters. The van der Waals surface area contributed by atoms with E-state index < -0.39 is 0 Å². The standard InChI is InChI=1S/C12H24.C11H20.2C2H6.CH4/c1-10(2)12(5)8-6-11(3,4)7-9-12;1-9(2)11(4)7-5-10(3)6-8-11;2*1-2;/h10H,6-9H2,1-5H3;9H,3,5-8H2,1-2,4H3;2*1-2H3;1H4. The Kier molecular flexibility index (Phi) is 17.0. The lowest BCUT2D eigenvalue weighted by Crippen LogP contribution is -2.32. The summed E-state index contributed by atoms with van der Waals surface area (Å²) in [5, 5.41) is 0. The highest BCUT2D eigenvalue weighted by molar-refractivity contribution is 5.02. The van der Waals surface area contributed by atoms with Crippen molar-refractivity contribution in [2.45, 2.75) is 142 Å². The van der Waals surface area contributed by atoms with E-state index in [2.05, 4.69) is 62.0 Å². The molecule has 0 N–H and O–H groups in total. The van der Waals surface area contributed by atoms with E-state index in [0.29, 0.717) is 16.2 Å². The summed E-state index contributed by atoms with van der Waals surface area (Å²) in [6.07, 6.45) is 10.9. The molecule has 172 valence electrons. The first-order valence-electron chi connectivity index (χ1n) is 12.1. The Labute approximate surface area is 182 Å². The predicted molar refractivity (Wildman–Crippen MR) is 135 cm³/mol. The highest BCUT2D eigenvalue weighted by atomic mass is 14.4. The summed E-state index contributed by atoms with van der Waals surface area (Å²) in [5.41, 5.74) is 3.31. The first kappa shape index (κ1) is 32.4. The van der Waals surface area contributed by atoms with Gasteiger partial charge in [-0.1, -0.05) is 103 Å². The van der Waals surface area contributed by atoms with Gasteiger partial charge in [0.1, 0.15) is 0 Å². The minimum absolute atomic E-state index is 0. The predicted octanol–water partition coefficient (Wildman–Crippen LogP) is 10.7. The quantitative estimate of drug-likeness (QED) is 0.407. The third-order valence-corrected chi connectivity index (χ3v) is 7.63. The van der Waals surface area contributed by atoms with Gasteiger partial charge in [-0.2, -0.15) is 0 Å². The van der Waals surface area contributed by atoms with Crippen molar-refractivity contribution in [3.63, 3.8) is 0 Å². The molecule has 0 bridgehead atoms. The van der Waals surface area contributed by atoms with Crippen LogP contribution in [0.15, 0.2) is 12.2 Å². The van der Waals surface area contributed by atoms with Crippen LogP contribution in [0.25, 0.3) is 0 Å². The van der Waals surface area contributed by atoms with Crippen LogP contribution in [-0.2, 0) is 0 Å². The average Bonchev–Trinajstić information content (AvgIpc) is 2.64. The fraction of sp³-hybridized carbons (Fsp3) is 0.929. The Balaban J connectivity index is -0.000000368. The molecule has 2 saturated carbocycles. The molecule has 2 aliphatic rings. The van der Waals surface area contributed by atoms with Crippen LogP contribution in [-0.4, -0.2) is 0 Å². The fourth-order valence-electron chi connectivity index (χ4n) is 3.83. The molecule has 0 aromatic heterocycles. The van der Waals surface area contributed by atoms with Gasteiger partial charge in [0.2, 0.25) is 0 Å². The van der Waals surface area contributed by atoms with Gasteiger partial charge in [0.15, 0.2) is 0 Å². The Morgan fingerprint density at radius 2 is 0.893 bits per heavy atom. The third-order valence-electron chi connectivity index (χ3n) is 7.63. The van der Waals surface area contributed by atoms with Gasteiger partial charge < -0.3 is 0 Å². The van der Waals surface area contributed by atoms with E-state index >= 15 is 0 Å². The van der Waals surface area contributed by atoms with Gasteiger partial charge in [-0.15, -0.1) is 0 Å². The van der Waals surface area contributed by atoms with Crippen molar-refractivity contribution in [1.82, 2.24) is 0 Å². The van der Waals surface area contributed by atoms with Gasteiger partial charge in [-0.05, 0) is 79.4 Å². The second-order valence-corrected chi connectivity index (χ2v) is 10.5. The zero-order valence-corrected chi connectivity index (χ0v) is 21.5. The highest BCUT2D eigenvalue weighted by Crippen LogP contribution is 2.48. The zero-order valence-electron chi connectivity index (χ0n) is 21.5. The molecule has 28 heavy (non-hydrogen) atoms. The lowest BCUT2D eigenvalue weighted by molar-refractivity contribution is 0.0750. The molecular formula is C28H60. The summed E-state index contributed by atoms with van der Waals surface area (Å²) in [7, 11) is 0. The van der Waals surface area contributed by atoms with Gasteiger partial charge in [-0.25, -0.2) is 0 Å². The Morgan fingerprint density at radius 3 is 1.18 bits per heavy atom. The van der Waals surface area contributed by atoms with Crippen molar-refractivity contribution in [2.75, 3.05) is 0 Å². The maximum atomic E-state index is 4.04. The number of rotatable bonds is 2. The maximum Gasteiger partial charge on any atom is -0.0297 e. The molecule has 0 aromatic carbocycles. The normalized spacial score (nSPS) is 21.7. The van der Waals surface area contributed by atoms with E-state index in [0.717, 1.165) is 11.8 Å². The molecule has 0 aliphatic heterocycles. The summed E-state index contributed by atoms with van der Waals surface area (Å²) in [6.45, 7) is 31.2. The van der Waals surface area contributed by atoms with E-state index in [1.807, 2.05) is 27.7 Å². The summed E-state index contributed by atoms with van der Waals surface area (Å²) >= 11 is 0. The molecule has 2 fully saturated rings. The summed E-state index contributed by atoms with van der Waals surface area (Å²) in [4.78, 5) is 0. The minimum atomic E-state index is 0. The molecule has 0 heteroatoms. The van der Waals surface area contributed by atoms with Crippen molar-refractivity contribution in [2.24, 2.45) is 28.1 Å². The monoisotopic (exact) mass is 396 g/mol. The van der Waals surface area contributed by atoms with E-state index in [1.165, 1.54) is 56.9 Å². The van der Waals surface area contributed by atoms with Crippen molar-refractivity contribution >= 4 is 0 Å². The Bertz CT molecular complexity index is 363. The highest BCUT2D eigenvalue weighted by Gasteiger charge is 2.36. The first-order valence-corrected chi connectivity index (χ1v) is 12.1. The first-order chi connectivity index (χ1) is 12.4. The van der Waals surface area contributed by atoms with Gasteiger partial charge in [0.25, 0.3) is 0 Å². The number of allylic oxidation sites excluding steroid dienone is 1. The number of hydrogen-bond acceptors (Lipinski definition) is 0. The molecule has 0 radical (unpaired) electrons. The second-order valence-electron chi connectivity index (χ2n) is 10.5. The second kappa shape index (κ2) is 14.7. The molecule has 0 unspecified atom stereocenters. The van der Waals surface area contributed by atoms with Crippen LogP contribution in [0, 0.1) is 28.1 Å². The minimum Gasteiger partial charge on any atom is -0.0999 e. The van der Waals surface area contributed by atoms with Crippen LogP contribution in [0.1, 0.15) is 142 Å². The molecule has 0 spiro atoms. The smallest absolute Gasteiger partial charge is 0.0297 e. The number of hydrogen-bond donors (Lipinski definition) is 0. The van der Waals surface area contributed by atoms with Gasteiger partial charge in [-0.3, -0.25) is 0 Å². The largest absolute Gasteiger partial charge is 0.0999 e. The summed E-state index contributed by atoms with van der Waals surface area (Å²) < 4.78 is 0. The molecular weight excluding hydrogens is 336 g/mol.